The third-order valence-electron chi connectivity index (χ3n) is 3.23. The van der Waals surface area contributed by atoms with Crippen molar-refractivity contribution >= 4 is 18.2 Å². The summed E-state index contributed by atoms with van der Waals surface area (Å²) in [5.74, 6) is 0.394. The van der Waals surface area contributed by atoms with Crippen LogP contribution in [0.15, 0.2) is 44.5 Å². The van der Waals surface area contributed by atoms with E-state index in [1.807, 2.05) is 0 Å². The molecule has 2 rings (SSSR count). The molecule has 1 N–H and O–H groups in total. The lowest BCUT2D eigenvalue weighted by Gasteiger charge is -1.94. The number of aromatic hydroxyl groups is 1. The minimum Gasteiger partial charge on any atom is -0.507 e. The predicted octanol–water partition coefficient (Wildman–Crippen LogP) is 0.821. The lowest BCUT2D eigenvalue weighted by molar-refractivity contribution is 0.470. The molecule has 0 saturated carbocycles. The summed E-state index contributed by atoms with van der Waals surface area (Å²) >= 11 is 0. The molecule has 0 unspecified atom stereocenters. The van der Waals surface area contributed by atoms with Gasteiger partial charge < -0.3 is 9.52 Å². The van der Waals surface area contributed by atoms with E-state index in [4.69, 9.17) is 4.42 Å². The van der Waals surface area contributed by atoms with E-state index in [9.17, 15) is 14.7 Å². The Labute approximate surface area is 126 Å². The molecule has 0 aliphatic carbocycles. The normalized spacial score (nSPS) is 13.2. The third kappa shape index (κ3) is 3.09. The summed E-state index contributed by atoms with van der Waals surface area (Å²) in [6.07, 6.45) is 7.82. The average Bonchev–Trinajstić information content (AvgIpc) is 2.99. The standard InChI is InChI=1S/C17H17NO4/c1-3-12-11-15(19)14(17(21)18(4-2)16(12)20)9-5-7-13-8-6-10-22-13/h3,5-11,19H,4H2,1-2H3/b7-5+,12-3-,14-9+. The van der Waals surface area contributed by atoms with Crippen molar-refractivity contribution in [2.45, 2.75) is 20.4 Å². The smallest absolute Gasteiger partial charge is 0.264 e. The molecule has 0 atom stereocenters. The maximum Gasteiger partial charge on any atom is 0.264 e. The second-order valence-corrected chi connectivity index (χ2v) is 4.58. The zero-order valence-electron chi connectivity index (χ0n) is 12.4. The zero-order valence-corrected chi connectivity index (χ0v) is 12.4. The molecule has 0 spiro atoms. The van der Waals surface area contributed by atoms with Crippen LogP contribution in [0.3, 0.4) is 0 Å². The summed E-state index contributed by atoms with van der Waals surface area (Å²) in [5.41, 5.74) is -0.942. The first-order chi connectivity index (χ1) is 10.6. The molecule has 0 saturated heterocycles. The quantitative estimate of drug-likeness (QED) is 0.911. The van der Waals surface area contributed by atoms with Crippen molar-refractivity contribution in [3.05, 3.63) is 67.4 Å². The topological polar surface area (TPSA) is 72.4 Å². The fourth-order valence-electron chi connectivity index (χ4n) is 2.07. The van der Waals surface area contributed by atoms with E-state index in [1.54, 1.807) is 44.2 Å². The second-order valence-electron chi connectivity index (χ2n) is 4.58. The summed E-state index contributed by atoms with van der Waals surface area (Å²) in [6.45, 7) is 3.62. The van der Waals surface area contributed by atoms with Gasteiger partial charge in [0.1, 0.15) is 11.5 Å². The molecule has 5 nitrogen and oxygen atoms in total. The van der Waals surface area contributed by atoms with E-state index >= 15 is 0 Å². The maximum atomic E-state index is 12.4. The van der Waals surface area contributed by atoms with Crippen molar-refractivity contribution in [3.63, 3.8) is 0 Å². The molecule has 0 bridgehead atoms. The highest BCUT2D eigenvalue weighted by Gasteiger charge is 2.04. The van der Waals surface area contributed by atoms with E-state index in [1.165, 1.54) is 18.4 Å². The summed E-state index contributed by atoms with van der Waals surface area (Å²) < 4.78 is 6.24. The largest absolute Gasteiger partial charge is 0.507 e. The number of allylic oxidation sites excluding steroid dienone is 1. The molecule has 2 aromatic rings. The Hall–Kier alpha value is -2.82. The molecule has 2 heterocycles. The van der Waals surface area contributed by atoms with E-state index in [2.05, 4.69) is 0 Å². The number of furan rings is 1. The van der Waals surface area contributed by atoms with Gasteiger partial charge in [0, 0.05) is 11.8 Å². The van der Waals surface area contributed by atoms with Crippen molar-refractivity contribution in [1.29, 1.82) is 0 Å². The molecule has 2 aromatic heterocycles. The minimum absolute atomic E-state index is 0.0647. The molecule has 5 heteroatoms. The third-order valence-corrected chi connectivity index (χ3v) is 3.23. The van der Waals surface area contributed by atoms with E-state index < -0.39 is 11.1 Å². The van der Waals surface area contributed by atoms with Crippen LogP contribution in [0.5, 0.6) is 5.75 Å². The van der Waals surface area contributed by atoms with Gasteiger partial charge in [-0.05, 0) is 44.2 Å². The molecule has 114 valence electrons. The Morgan fingerprint density at radius 1 is 1.32 bits per heavy atom. The van der Waals surface area contributed by atoms with Gasteiger partial charge in [0.15, 0.2) is 0 Å². The van der Waals surface area contributed by atoms with E-state index in [0.29, 0.717) is 5.76 Å². The number of hydrogen-bond acceptors (Lipinski definition) is 4. The van der Waals surface area contributed by atoms with Crippen LogP contribution in [0.2, 0.25) is 0 Å². The van der Waals surface area contributed by atoms with Crippen LogP contribution >= 0.6 is 0 Å². The van der Waals surface area contributed by atoms with Crippen LogP contribution < -0.4 is 21.6 Å². The number of rotatable bonds is 3. The lowest BCUT2D eigenvalue weighted by atomic mass is 10.3. The van der Waals surface area contributed by atoms with Crippen molar-refractivity contribution in [3.8, 4) is 5.75 Å². The highest BCUT2D eigenvalue weighted by Crippen LogP contribution is 2.02. The van der Waals surface area contributed by atoms with E-state index in [0.717, 1.165) is 4.57 Å². The van der Waals surface area contributed by atoms with Crippen LogP contribution in [0, 0.1) is 0 Å². The summed E-state index contributed by atoms with van der Waals surface area (Å²) in [4.78, 5) is 24.6. The van der Waals surface area contributed by atoms with E-state index in [-0.39, 0.29) is 22.7 Å². The fraction of sp³-hybridized carbons (Fsp3) is 0.176. The Bertz CT molecular complexity index is 919. The molecular weight excluding hydrogens is 282 g/mol. The summed E-state index contributed by atoms with van der Waals surface area (Å²) in [7, 11) is 0. The zero-order chi connectivity index (χ0) is 16.1. The maximum absolute atomic E-state index is 12.4. The fourth-order valence-corrected chi connectivity index (χ4v) is 2.07. The summed E-state index contributed by atoms with van der Waals surface area (Å²) in [6, 6.07) is 4.82. The van der Waals surface area contributed by atoms with Crippen LogP contribution in [0.1, 0.15) is 19.6 Å². The lowest BCUT2D eigenvalue weighted by Crippen LogP contribution is -2.42. The van der Waals surface area contributed by atoms with Gasteiger partial charge in [0.05, 0.1) is 11.5 Å². The monoisotopic (exact) mass is 299 g/mol. The van der Waals surface area contributed by atoms with Crippen LogP contribution in [-0.4, -0.2) is 9.67 Å². The minimum atomic E-state index is -0.526. The number of hydrogen-bond donors (Lipinski definition) is 1. The molecule has 0 amide bonds. The van der Waals surface area contributed by atoms with Crippen LogP contribution in [-0.2, 0) is 6.54 Å². The molecule has 0 fully saturated rings. The molecule has 0 aliphatic rings. The highest BCUT2D eigenvalue weighted by atomic mass is 16.3. The van der Waals surface area contributed by atoms with Gasteiger partial charge >= 0.3 is 0 Å². The Morgan fingerprint density at radius 3 is 2.68 bits per heavy atom. The first kappa shape index (κ1) is 15.6. The SMILES string of the molecule is C/C=c1/cc(O)/c(=C\C=C\c2ccco2)c(=O)n(CC)c1=O. The van der Waals surface area contributed by atoms with Gasteiger partial charge in [0.25, 0.3) is 11.1 Å². The molecule has 0 radical (unpaired) electrons. The Morgan fingerprint density at radius 2 is 2.09 bits per heavy atom. The van der Waals surface area contributed by atoms with Gasteiger partial charge in [-0.1, -0.05) is 12.2 Å². The highest BCUT2D eigenvalue weighted by molar-refractivity contribution is 5.55. The first-order valence-corrected chi connectivity index (χ1v) is 6.93. The van der Waals surface area contributed by atoms with Gasteiger partial charge in [-0.2, -0.15) is 0 Å². The van der Waals surface area contributed by atoms with Crippen LogP contribution in [0.25, 0.3) is 18.2 Å². The van der Waals surface area contributed by atoms with Gasteiger partial charge in [-0.25, -0.2) is 0 Å². The number of nitrogens with zero attached hydrogens (tertiary/aromatic N) is 1. The van der Waals surface area contributed by atoms with Gasteiger partial charge in [-0.15, -0.1) is 0 Å². The summed E-state index contributed by atoms with van der Waals surface area (Å²) in [5, 5.41) is 10.5. The predicted molar refractivity (Wildman–Crippen MR) is 85.9 cm³/mol. The van der Waals surface area contributed by atoms with Crippen molar-refractivity contribution in [1.82, 2.24) is 4.57 Å². The average molecular weight is 299 g/mol. The molecule has 22 heavy (non-hydrogen) atoms. The van der Waals surface area contributed by atoms with Crippen molar-refractivity contribution < 1.29 is 9.52 Å². The second kappa shape index (κ2) is 6.76. The molecule has 0 aromatic carbocycles. The Balaban J connectivity index is 2.75. The molecule has 0 aliphatic heterocycles. The van der Waals surface area contributed by atoms with Crippen molar-refractivity contribution in [2.75, 3.05) is 0 Å². The first-order valence-electron chi connectivity index (χ1n) is 6.93. The van der Waals surface area contributed by atoms with Gasteiger partial charge in [-0.3, -0.25) is 14.2 Å². The Kier molecular flexibility index (Phi) is 4.78. The number of aromatic nitrogens is 1. The molecular formula is C17H17NO4. The van der Waals surface area contributed by atoms with Crippen molar-refractivity contribution in [2.24, 2.45) is 0 Å². The van der Waals surface area contributed by atoms with Gasteiger partial charge in [0.2, 0.25) is 0 Å². The van der Waals surface area contributed by atoms with Crippen LogP contribution in [0.4, 0.5) is 0 Å².